The van der Waals surface area contributed by atoms with E-state index in [1.54, 1.807) is 0 Å². The molecule has 0 bridgehead atoms. The van der Waals surface area contributed by atoms with Gasteiger partial charge < -0.3 is 4.74 Å². The molecule has 1 heterocycles. The van der Waals surface area contributed by atoms with Gasteiger partial charge in [-0.3, -0.25) is 4.79 Å². The van der Waals surface area contributed by atoms with E-state index < -0.39 is 0 Å². The third-order valence-electron chi connectivity index (χ3n) is 3.03. The molecule has 0 saturated carbocycles. The van der Waals surface area contributed by atoms with Crippen LogP contribution in [0.25, 0.3) is 0 Å². The number of rotatable bonds is 3. The predicted molar refractivity (Wildman–Crippen MR) is 59.4 cm³/mol. The molecule has 80 valence electrons. The zero-order valence-electron chi connectivity index (χ0n) is 9.25. The van der Waals surface area contributed by atoms with Crippen LogP contribution >= 0.6 is 0 Å². The molecule has 15 heavy (non-hydrogen) atoms. The normalized spacial score (nSPS) is 15.6. The Morgan fingerprint density at radius 3 is 3.07 bits per heavy atom. The number of hydrogen-bond donors (Lipinski definition) is 0. The van der Waals surface area contributed by atoms with Crippen molar-refractivity contribution in [2.24, 2.45) is 5.92 Å². The second-order valence-corrected chi connectivity index (χ2v) is 4.09. The Labute approximate surface area is 90.3 Å². The first-order chi connectivity index (χ1) is 7.22. The van der Waals surface area contributed by atoms with Gasteiger partial charge in [-0.15, -0.1) is 0 Å². The minimum Gasteiger partial charge on any atom is -0.493 e. The lowest BCUT2D eigenvalue weighted by Crippen LogP contribution is -2.10. The minimum atomic E-state index is 0.116. The Hall–Kier alpha value is -1.31. The van der Waals surface area contributed by atoms with Gasteiger partial charge in [0.05, 0.1) is 6.61 Å². The summed E-state index contributed by atoms with van der Waals surface area (Å²) in [6.45, 7) is 4.77. The summed E-state index contributed by atoms with van der Waals surface area (Å²) in [5.41, 5.74) is 2.00. The lowest BCUT2D eigenvalue weighted by Gasteiger charge is -2.08. The van der Waals surface area contributed by atoms with Crippen LogP contribution in [-0.4, -0.2) is 12.4 Å². The highest BCUT2D eigenvalue weighted by atomic mass is 16.5. The Bertz CT molecular complexity index is 382. The van der Waals surface area contributed by atoms with Crippen molar-refractivity contribution in [3.05, 3.63) is 29.3 Å². The number of carbonyl (C=O) groups excluding carboxylic acids is 1. The van der Waals surface area contributed by atoms with Gasteiger partial charge in [0.25, 0.3) is 0 Å². The topological polar surface area (TPSA) is 26.3 Å². The zero-order chi connectivity index (χ0) is 10.8. The van der Waals surface area contributed by atoms with Gasteiger partial charge in [-0.05, 0) is 30.2 Å². The van der Waals surface area contributed by atoms with Gasteiger partial charge in [-0.25, -0.2) is 0 Å². The summed E-state index contributed by atoms with van der Waals surface area (Å²) in [7, 11) is 0. The van der Waals surface area contributed by atoms with Crippen molar-refractivity contribution < 1.29 is 9.53 Å². The summed E-state index contributed by atoms with van der Waals surface area (Å²) in [6.07, 6.45) is 1.82. The molecule has 1 aromatic carbocycles. The molecular weight excluding hydrogens is 188 g/mol. The monoisotopic (exact) mass is 204 g/mol. The molecular formula is C13H16O2. The van der Waals surface area contributed by atoms with E-state index in [2.05, 4.69) is 0 Å². The average molecular weight is 204 g/mol. The molecule has 0 spiro atoms. The van der Waals surface area contributed by atoms with Crippen LogP contribution in [0.2, 0.25) is 0 Å². The highest BCUT2D eigenvalue weighted by molar-refractivity contribution is 5.98. The van der Waals surface area contributed by atoms with Crippen LogP contribution in [0.3, 0.4) is 0 Å². The van der Waals surface area contributed by atoms with E-state index >= 15 is 0 Å². The number of Topliss-reactive ketones (excluding diaryl/α,β-unsaturated/α-hetero) is 1. The third kappa shape index (κ3) is 1.89. The van der Waals surface area contributed by atoms with E-state index in [0.717, 1.165) is 30.8 Å². The molecule has 1 unspecified atom stereocenters. The molecule has 1 aliphatic rings. The quantitative estimate of drug-likeness (QED) is 0.708. The molecule has 0 radical (unpaired) electrons. The summed E-state index contributed by atoms with van der Waals surface area (Å²) < 4.78 is 5.41. The molecule has 0 fully saturated rings. The first-order valence-electron chi connectivity index (χ1n) is 5.52. The fourth-order valence-electron chi connectivity index (χ4n) is 1.81. The average Bonchev–Trinajstić information content (AvgIpc) is 2.73. The number of ketones is 1. The number of hydrogen-bond acceptors (Lipinski definition) is 2. The van der Waals surface area contributed by atoms with Crippen LogP contribution in [0.5, 0.6) is 5.75 Å². The highest BCUT2D eigenvalue weighted by Gasteiger charge is 2.17. The number of carbonyl (C=O) groups is 1. The Kier molecular flexibility index (Phi) is 2.76. The second kappa shape index (κ2) is 4.05. The van der Waals surface area contributed by atoms with Gasteiger partial charge in [0, 0.05) is 17.9 Å². The van der Waals surface area contributed by atoms with E-state index in [-0.39, 0.29) is 11.7 Å². The maximum Gasteiger partial charge on any atom is 0.165 e. The Morgan fingerprint density at radius 1 is 1.53 bits per heavy atom. The van der Waals surface area contributed by atoms with E-state index in [1.165, 1.54) is 5.56 Å². The van der Waals surface area contributed by atoms with Crippen LogP contribution in [0, 0.1) is 5.92 Å². The van der Waals surface area contributed by atoms with E-state index in [0.29, 0.717) is 0 Å². The van der Waals surface area contributed by atoms with Crippen molar-refractivity contribution in [3.63, 3.8) is 0 Å². The molecule has 0 aromatic heterocycles. The first kappa shape index (κ1) is 10.2. The van der Waals surface area contributed by atoms with E-state index in [4.69, 9.17) is 4.74 Å². The summed E-state index contributed by atoms with van der Waals surface area (Å²) in [4.78, 5) is 11.9. The lowest BCUT2D eigenvalue weighted by atomic mass is 9.95. The molecule has 2 heteroatoms. The van der Waals surface area contributed by atoms with Crippen molar-refractivity contribution in [2.45, 2.75) is 26.7 Å². The second-order valence-electron chi connectivity index (χ2n) is 4.09. The molecule has 0 amide bonds. The van der Waals surface area contributed by atoms with Crippen LogP contribution in [-0.2, 0) is 6.42 Å². The van der Waals surface area contributed by atoms with Gasteiger partial charge >= 0.3 is 0 Å². The van der Waals surface area contributed by atoms with E-state index in [9.17, 15) is 4.79 Å². The molecule has 2 nitrogen and oxygen atoms in total. The maximum absolute atomic E-state index is 11.9. The van der Waals surface area contributed by atoms with Gasteiger partial charge in [0.15, 0.2) is 5.78 Å². The van der Waals surface area contributed by atoms with Gasteiger partial charge in [0.2, 0.25) is 0 Å². The molecule has 0 saturated heterocycles. The van der Waals surface area contributed by atoms with Crippen LogP contribution < -0.4 is 4.74 Å². The predicted octanol–water partition coefficient (Wildman–Crippen LogP) is 2.85. The largest absolute Gasteiger partial charge is 0.493 e. The standard InChI is InChI=1S/C13H16O2/c1-3-9(2)13(14)11-4-5-12-10(8-11)6-7-15-12/h4-5,8-9H,3,6-7H2,1-2H3. The third-order valence-corrected chi connectivity index (χ3v) is 3.03. The van der Waals surface area contributed by atoms with Crippen molar-refractivity contribution in [3.8, 4) is 5.75 Å². The zero-order valence-corrected chi connectivity index (χ0v) is 9.25. The maximum atomic E-state index is 11.9. The molecule has 1 atom stereocenters. The smallest absolute Gasteiger partial charge is 0.165 e. The SMILES string of the molecule is CCC(C)C(=O)c1ccc2c(c1)CCO2. The van der Waals surface area contributed by atoms with Crippen molar-refractivity contribution >= 4 is 5.78 Å². The first-order valence-corrected chi connectivity index (χ1v) is 5.52. The molecule has 2 rings (SSSR count). The number of benzene rings is 1. The van der Waals surface area contributed by atoms with Crippen LogP contribution in [0.15, 0.2) is 18.2 Å². The Morgan fingerprint density at radius 2 is 2.33 bits per heavy atom. The molecule has 0 N–H and O–H groups in total. The van der Waals surface area contributed by atoms with Crippen molar-refractivity contribution in [2.75, 3.05) is 6.61 Å². The van der Waals surface area contributed by atoms with Crippen molar-refractivity contribution in [1.82, 2.24) is 0 Å². The summed E-state index contributed by atoms with van der Waals surface area (Å²) in [5.74, 6) is 1.30. The fraction of sp³-hybridized carbons (Fsp3) is 0.462. The van der Waals surface area contributed by atoms with E-state index in [1.807, 2.05) is 32.0 Å². The summed E-state index contributed by atoms with van der Waals surface area (Å²) in [6, 6.07) is 5.77. The van der Waals surface area contributed by atoms with Gasteiger partial charge in [-0.2, -0.15) is 0 Å². The number of fused-ring (bicyclic) bond motifs is 1. The van der Waals surface area contributed by atoms with Crippen LogP contribution in [0.1, 0.15) is 36.2 Å². The highest BCUT2D eigenvalue weighted by Crippen LogP contribution is 2.27. The lowest BCUT2D eigenvalue weighted by molar-refractivity contribution is 0.0927. The number of ether oxygens (including phenoxy) is 1. The Balaban J connectivity index is 2.26. The molecule has 0 aliphatic carbocycles. The van der Waals surface area contributed by atoms with Crippen LogP contribution in [0.4, 0.5) is 0 Å². The summed E-state index contributed by atoms with van der Waals surface area (Å²) in [5, 5.41) is 0. The van der Waals surface area contributed by atoms with Gasteiger partial charge in [0.1, 0.15) is 5.75 Å². The molecule has 1 aliphatic heterocycles. The fourth-order valence-corrected chi connectivity index (χ4v) is 1.81. The van der Waals surface area contributed by atoms with Crippen molar-refractivity contribution in [1.29, 1.82) is 0 Å². The summed E-state index contributed by atoms with van der Waals surface area (Å²) >= 11 is 0. The molecule has 1 aromatic rings. The minimum absolute atomic E-state index is 0.116. The van der Waals surface area contributed by atoms with Gasteiger partial charge in [-0.1, -0.05) is 13.8 Å².